The average Bonchev–Trinajstić information content (AvgIpc) is 2.42. The van der Waals surface area contributed by atoms with Crippen LogP contribution >= 0.6 is 0 Å². The molecule has 122 valence electrons. The molecule has 1 rings (SSSR count). The molecule has 0 unspecified atom stereocenters. The summed E-state index contributed by atoms with van der Waals surface area (Å²) in [5.41, 5.74) is 1.89. The van der Waals surface area contributed by atoms with Gasteiger partial charge in [0.1, 0.15) is 6.04 Å². The van der Waals surface area contributed by atoms with Crippen LogP contribution in [0.1, 0.15) is 44.0 Å². The van der Waals surface area contributed by atoms with E-state index in [2.05, 4.69) is 15.6 Å². The third kappa shape index (κ3) is 5.02. The molecule has 0 aliphatic rings. The number of nitrogens with one attached hydrogen (secondary N) is 3. The van der Waals surface area contributed by atoms with Crippen LogP contribution in [0.3, 0.4) is 0 Å². The lowest BCUT2D eigenvalue weighted by Crippen LogP contribution is -2.46. The Hall–Kier alpha value is -2.11. The molecule has 2 amide bonds. The molecular formula is C16H25N3O3. The van der Waals surface area contributed by atoms with Crippen LogP contribution in [0.4, 0.5) is 0 Å². The highest BCUT2D eigenvalue weighted by Crippen LogP contribution is 2.06. The van der Waals surface area contributed by atoms with Crippen LogP contribution in [-0.2, 0) is 16.1 Å². The van der Waals surface area contributed by atoms with Crippen molar-refractivity contribution in [1.82, 2.24) is 15.6 Å². The number of H-pyrrole nitrogens is 1. The molecule has 0 aliphatic heterocycles. The van der Waals surface area contributed by atoms with Crippen molar-refractivity contribution >= 4 is 11.8 Å². The predicted octanol–water partition coefficient (Wildman–Crippen LogP) is 1.16. The minimum Gasteiger partial charge on any atom is -0.363 e. The lowest BCUT2D eigenvalue weighted by atomic mass is 10.0. The summed E-state index contributed by atoms with van der Waals surface area (Å²) < 4.78 is 0. The summed E-state index contributed by atoms with van der Waals surface area (Å²) in [6.07, 6.45) is 2.20. The first-order valence-corrected chi connectivity index (χ1v) is 7.45. The molecule has 1 atom stereocenters. The number of hydrogen-bond donors (Lipinski definition) is 3. The first kappa shape index (κ1) is 17.9. The van der Waals surface area contributed by atoms with Crippen LogP contribution in [0.5, 0.6) is 0 Å². The van der Waals surface area contributed by atoms with Gasteiger partial charge in [0, 0.05) is 29.9 Å². The maximum absolute atomic E-state index is 12.2. The summed E-state index contributed by atoms with van der Waals surface area (Å²) in [4.78, 5) is 38.3. The number of carbonyl (C=O) groups is 2. The minimum atomic E-state index is -0.560. The summed E-state index contributed by atoms with van der Waals surface area (Å²) in [7, 11) is 0. The molecule has 0 saturated heterocycles. The highest BCUT2D eigenvalue weighted by molar-refractivity contribution is 5.86. The van der Waals surface area contributed by atoms with E-state index in [4.69, 9.17) is 0 Å². The smallest absolute Gasteiger partial charge is 0.242 e. The van der Waals surface area contributed by atoms with Crippen LogP contribution < -0.4 is 16.1 Å². The number of hydrogen-bond acceptors (Lipinski definition) is 3. The van der Waals surface area contributed by atoms with Gasteiger partial charge >= 0.3 is 0 Å². The van der Waals surface area contributed by atoms with Gasteiger partial charge in [-0.05, 0) is 26.2 Å². The monoisotopic (exact) mass is 307 g/mol. The Balaban J connectivity index is 2.76. The maximum Gasteiger partial charge on any atom is 0.242 e. The summed E-state index contributed by atoms with van der Waals surface area (Å²) in [5.74, 6) is -0.200. The van der Waals surface area contributed by atoms with Crippen molar-refractivity contribution in [3.63, 3.8) is 0 Å². The fourth-order valence-electron chi connectivity index (χ4n) is 2.23. The van der Waals surface area contributed by atoms with Gasteiger partial charge in [0.2, 0.25) is 11.8 Å². The highest BCUT2D eigenvalue weighted by Gasteiger charge is 2.20. The predicted molar refractivity (Wildman–Crippen MR) is 85.4 cm³/mol. The third-order valence-electron chi connectivity index (χ3n) is 3.45. The van der Waals surface area contributed by atoms with E-state index in [1.807, 2.05) is 13.8 Å². The van der Waals surface area contributed by atoms with E-state index in [1.165, 1.54) is 6.92 Å². The van der Waals surface area contributed by atoms with E-state index >= 15 is 0 Å². The van der Waals surface area contributed by atoms with Crippen molar-refractivity contribution in [3.05, 3.63) is 33.2 Å². The molecule has 0 fully saturated rings. The topological polar surface area (TPSA) is 91.1 Å². The summed E-state index contributed by atoms with van der Waals surface area (Å²) in [5, 5.41) is 5.43. The van der Waals surface area contributed by atoms with E-state index in [9.17, 15) is 14.4 Å². The molecule has 0 aromatic carbocycles. The molecule has 6 nitrogen and oxygen atoms in total. The van der Waals surface area contributed by atoms with Crippen molar-refractivity contribution < 1.29 is 9.59 Å². The Kier molecular flexibility index (Phi) is 6.34. The van der Waals surface area contributed by atoms with Gasteiger partial charge in [-0.25, -0.2) is 0 Å². The molecule has 0 spiro atoms. The van der Waals surface area contributed by atoms with Crippen molar-refractivity contribution in [1.29, 1.82) is 0 Å². The molecule has 22 heavy (non-hydrogen) atoms. The second-order valence-electron chi connectivity index (χ2n) is 6.00. The van der Waals surface area contributed by atoms with Gasteiger partial charge in [-0.1, -0.05) is 13.8 Å². The van der Waals surface area contributed by atoms with E-state index in [-0.39, 0.29) is 29.7 Å². The van der Waals surface area contributed by atoms with Crippen molar-refractivity contribution in [3.8, 4) is 0 Å². The van der Waals surface area contributed by atoms with Crippen molar-refractivity contribution in [2.45, 2.75) is 53.6 Å². The second-order valence-corrected chi connectivity index (χ2v) is 6.00. The van der Waals surface area contributed by atoms with Crippen LogP contribution in [-0.4, -0.2) is 22.8 Å². The molecule has 0 aliphatic carbocycles. The number of pyridine rings is 1. The van der Waals surface area contributed by atoms with Crippen LogP contribution in [0.2, 0.25) is 0 Å². The molecule has 0 saturated carbocycles. The zero-order valence-corrected chi connectivity index (χ0v) is 13.9. The van der Waals surface area contributed by atoms with Gasteiger partial charge in [-0.15, -0.1) is 0 Å². The Morgan fingerprint density at radius 2 is 1.91 bits per heavy atom. The largest absolute Gasteiger partial charge is 0.363 e. The lowest BCUT2D eigenvalue weighted by molar-refractivity contribution is -0.128. The number of aromatic amines is 1. The fraction of sp³-hybridized carbons (Fsp3) is 0.562. The Morgan fingerprint density at radius 3 is 2.45 bits per heavy atom. The average molecular weight is 307 g/mol. The van der Waals surface area contributed by atoms with E-state index < -0.39 is 6.04 Å². The highest BCUT2D eigenvalue weighted by atomic mass is 16.2. The van der Waals surface area contributed by atoms with Gasteiger partial charge < -0.3 is 15.6 Å². The molecule has 1 heterocycles. The SMILES string of the molecule is CC(=O)N[C@@H](CC(C)C)C(=O)NCc1[nH]cc(C)c(=O)c1C. The summed E-state index contributed by atoms with van der Waals surface area (Å²) >= 11 is 0. The number of rotatable bonds is 6. The van der Waals surface area contributed by atoms with Gasteiger partial charge in [0.25, 0.3) is 0 Å². The zero-order valence-electron chi connectivity index (χ0n) is 13.9. The van der Waals surface area contributed by atoms with Crippen LogP contribution in [0.15, 0.2) is 11.0 Å². The molecule has 0 bridgehead atoms. The molecule has 0 radical (unpaired) electrons. The first-order chi connectivity index (χ1) is 10.2. The number of amides is 2. The Bertz CT molecular complexity index is 605. The third-order valence-corrected chi connectivity index (χ3v) is 3.45. The van der Waals surface area contributed by atoms with Gasteiger partial charge in [-0.2, -0.15) is 0 Å². The molecule has 1 aromatic heterocycles. The minimum absolute atomic E-state index is 0.0245. The molecule has 1 aromatic rings. The number of aryl methyl sites for hydroxylation is 1. The molecule has 6 heteroatoms. The quantitative estimate of drug-likeness (QED) is 0.736. The summed E-state index contributed by atoms with van der Waals surface area (Å²) in [6.45, 7) is 9.07. The second kappa shape index (κ2) is 7.77. The standard InChI is InChI=1S/C16H25N3O3/c1-9(2)6-13(19-12(5)20)16(22)18-8-14-11(4)15(21)10(3)7-17-14/h7,9,13H,6,8H2,1-5H3,(H,17,21)(H,18,22)(H,19,20)/t13-/m0/s1. The molecule has 3 N–H and O–H groups in total. The van der Waals surface area contributed by atoms with E-state index in [0.29, 0.717) is 23.2 Å². The summed E-state index contributed by atoms with van der Waals surface area (Å²) in [6, 6.07) is -0.560. The Morgan fingerprint density at radius 1 is 1.27 bits per heavy atom. The van der Waals surface area contributed by atoms with Gasteiger partial charge in [-0.3, -0.25) is 14.4 Å². The molecular weight excluding hydrogens is 282 g/mol. The normalized spacial score (nSPS) is 12.1. The number of carbonyl (C=O) groups excluding carboxylic acids is 2. The maximum atomic E-state index is 12.2. The Labute approximate surface area is 130 Å². The van der Waals surface area contributed by atoms with Crippen LogP contribution in [0, 0.1) is 19.8 Å². The zero-order chi connectivity index (χ0) is 16.9. The fourth-order valence-corrected chi connectivity index (χ4v) is 2.23. The van der Waals surface area contributed by atoms with Crippen LogP contribution in [0.25, 0.3) is 0 Å². The van der Waals surface area contributed by atoms with Gasteiger partial charge in [0.05, 0.1) is 6.54 Å². The van der Waals surface area contributed by atoms with Crippen molar-refractivity contribution in [2.75, 3.05) is 0 Å². The lowest BCUT2D eigenvalue weighted by Gasteiger charge is -2.19. The van der Waals surface area contributed by atoms with E-state index in [0.717, 1.165) is 0 Å². The van der Waals surface area contributed by atoms with E-state index in [1.54, 1.807) is 20.0 Å². The first-order valence-electron chi connectivity index (χ1n) is 7.45. The number of aromatic nitrogens is 1. The van der Waals surface area contributed by atoms with Crippen molar-refractivity contribution in [2.24, 2.45) is 5.92 Å². The van der Waals surface area contributed by atoms with Gasteiger partial charge in [0.15, 0.2) is 5.43 Å².